The number of hydrogen-bond acceptors (Lipinski definition) is 2. The van der Waals surface area contributed by atoms with Gasteiger partial charge in [-0.1, -0.05) is 23.7 Å². The lowest BCUT2D eigenvalue weighted by molar-refractivity contribution is 1.32. The van der Waals surface area contributed by atoms with Crippen molar-refractivity contribution < 1.29 is 0 Å². The molecule has 2 aromatic rings. The Balaban J connectivity index is 2.45. The summed E-state index contributed by atoms with van der Waals surface area (Å²) in [5.41, 5.74) is 9.58. The van der Waals surface area contributed by atoms with E-state index in [0.29, 0.717) is 5.02 Å². The monoisotopic (exact) mass is 218 g/mol. The molecule has 0 aliphatic carbocycles. The summed E-state index contributed by atoms with van der Waals surface area (Å²) in [6.45, 7) is 1.98. The van der Waals surface area contributed by atoms with Gasteiger partial charge in [-0.05, 0) is 30.7 Å². The molecule has 15 heavy (non-hydrogen) atoms. The first-order chi connectivity index (χ1) is 7.16. The van der Waals surface area contributed by atoms with Gasteiger partial charge < -0.3 is 5.73 Å². The van der Waals surface area contributed by atoms with Crippen LogP contribution in [0.15, 0.2) is 36.5 Å². The third-order valence-corrected chi connectivity index (χ3v) is 2.53. The van der Waals surface area contributed by atoms with Gasteiger partial charge in [0.1, 0.15) is 0 Å². The predicted octanol–water partition coefficient (Wildman–Crippen LogP) is 3.29. The lowest BCUT2D eigenvalue weighted by Gasteiger charge is -2.04. The molecule has 0 spiro atoms. The van der Waals surface area contributed by atoms with E-state index in [1.54, 1.807) is 6.20 Å². The number of pyridine rings is 1. The molecule has 0 aliphatic rings. The normalized spacial score (nSPS) is 10.3. The zero-order chi connectivity index (χ0) is 10.8. The Morgan fingerprint density at radius 1 is 1.20 bits per heavy atom. The van der Waals surface area contributed by atoms with Gasteiger partial charge in [-0.15, -0.1) is 0 Å². The second-order valence-corrected chi connectivity index (χ2v) is 3.87. The van der Waals surface area contributed by atoms with Crippen LogP contribution in [0.3, 0.4) is 0 Å². The molecule has 0 radical (unpaired) electrons. The summed E-state index contributed by atoms with van der Waals surface area (Å²) in [4.78, 5) is 4.23. The van der Waals surface area contributed by atoms with Crippen molar-refractivity contribution >= 4 is 17.3 Å². The van der Waals surface area contributed by atoms with Gasteiger partial charge in [-0.2, -0.15) is 0 Å². The average molecular weight is 219 g/mol. The van der Waals surface area contributed by atoms with Gasteiger partial charge >= 0.3 is 0 Å². The minimum Gasteiger partial charge on any atom is -0.398 e. The van der Waals surface area contributed by atoms with Gasteiger partial charge in [-0.3, -0.25) is 4.98 Å². The number of nitrogens with two attached hydrogens (primary N) is 1. The Labute approximate surface area is 93.7 Å². The van der Waals surface area contributed by atoms with E-state index >= 15 is 0 Å². The summed E-state index contributed by atoms with van der Waals surface area (Å²) in [6, 6.07) is 9.61. The highest BCUT2D eigenvalue weighted by Gasteiger charge is 2.01. The number of aromatic nitrogens is 1. The van der Waals surface area contributed by atoms with Crippen LogP contribution in [0.2, 0.25) is 5.02 Å². The highest BCUT2D eigenvalue weighted by Crippen LogP contribution is 2.22. The maximum Gasteiger partial charge on any atom is 0.0703 e. The van der Waals surface area contributed by atoms with Crippen LogP contribution in [-0.2, 0) is 0 Å². The van der Waals surface area contributed by atoms with Crippen molar-refractivity contribution in [1.29, 1.82) is 0 Å². The molecule has 0 amide bonds. The molecule has 0 aliphatic heterocycles. The first-order valence-corrected chi connectivity index (χ1v) is 5.02. The molecule has 1 aromatic heterocycles. The number of benzene rings is 1. The first kappa shape index (κ1) is 9.99. The quantitative estimate of drug-likeness (QED) is 0.746. The van der Waals surface area contributed by atoms with E-state index in [-0.39, 0.29) is 0 Å². The van der Waals surface area contributed by atoms with Crippen molar-refractivity contribution in [3.05, 3.63) is 47.1 Å². The smallest absolute Gasteiger partial charge is 0.0703 e. The second-order valence-electron chi connectivity index (χ2n) is 3.43. The van der Waals surface area contributed by atoms with E-state index in [1.807, 2.05) is 37.3 Å². The molecule has 2 nitrogen and oxygen atoms in total. The van der Waals surface area contributed by atoms with Gasteiger partial charge in [-0.25, -0.2) is 0 Å². The summed E-state index contributed by atoms with van der Waals surface area (Å²) in [7, 11) is 0. The minimum absolute atomic E-state index is 0.638. The van der Waals surface area contributed by atoms with E-state index in [2.05, 4.69) is 4.98 Å². The van der Waals surface area contributed by atoms with Crippen LogP contribution >= 0.6 is 11.6 Å². The number of anilines is 1. The van der Waals surface area contributed by atoms with Crippen molar-refractivity contribution in [2.45, 2.75) is 6.92 Å². The van der Waals surface area contributed by atoms with Gasteiger partial charge in [0, 0.05) is 17.4 Å². The standard InChI is InChI=1S/C12H11ClN2/c1-8-2-3-9(6-11(8)14)12-5-4-10(13)7-15-12/h2-7H,14H2,1H3. The molecule has 2 rings (SSSR count). The highest BCUT2D eigenvalue weighted by atomic mass is 35.5. The Morgan fingerprint density at radius 2 is 2.00 bits per heavy atom. The lowest BCUT2D eigenvalue weighted by Crippen LogP contribution is -1.90. The van der Waals surface area contributed by atoms with Crippen molar-refractivity contribution in [3.8, 4) is 11.3 Å². The maximum absolute atomic E-state index is 5.83. The summed E-state index contributed by atoms with van der Waals surface area (Å²) < 4.78 is 0. The number of aryl methyl sites for hydroxylation is 1. The van der Waals surface area contributed by atoms with E-state index in [0.717, 1.165) is 22.5 Å². The van der Waals surface area contributed by atoms with Crippen LogP contribution < -0.4 is 5.73 Å². The molecule has 0 saturated heterocycles. The van der Waals surface area contributed by atoms with E-state index in [9.17, 15) is 0 Å². The van der Waals surface area contributed by atoms with Crippen molar-refractivity contribution in [1.82, 2.24) is 4.98 Å². The molecule has 0 unspecified atom stereocenters. The first-order valence-electron chi connectivity index (χ1n) is 4.65. The maximum atomic E-state index is 5.83. The average Bonchev–Trinajstić information content (AvgIpc) is 2.23. The summed E-state index contributed by atoms with van der Waals surface area (Å²) >= 11 is 5.77. The highest BCUT2D eigenvalue weighted by molar-refractivity contribution is 6.30. The second kappa shape index (κ2) is 3.91. The molecule has 2 N–H and O–H groups in total. The van der Waals surface area contributed by atoms with Crippen LogP contribution in [0.1, 0.15) is 5.56 Å². The van der Waals surface area contributed by atoms with Crippen molar-refractivity contribution in [2.75, 3.05) is 5.73 Å². The zero-order valence-electron chi connectivity index (χ0n) is 8.37. The SMILES string of the molecule is Cc1ccc(-c2ccc(Cl)cn2)cc1N. The van der Waals surface area contributed by atoms with Crippen LogP contribution in [0, 0.1) is 6.92 Å². The molecule has 0 saturated carbocycles. The summed E-state index contributed by atoms with van der Waals surface area (Å²) in [6.07, 6.45) is 1.63. The molecular weight excluding hydrogens is 208 g/mol. The van der Waals surface area contributed by atoms with Crippen LogP contribution in [0.5, 0.6) is 0 Å². The Hall–Kier alpha value is -1.54. The van der Waals surface area contributed by atoms with Crippen LogP contribution in [-0.4, -0.2) is 4.98 Å². The topological polar surface area (TPSA) is 38.9 Å². The lowest BCUT2D eigenvalue weighted by atomic mass is 10.1. The van der Waals surface area contributed by atoms with Gasteiger partial charge in [0.15, 0.2) is 0 Å². The van der Waals surface area contributed by atoms with Gasteiger partial charge in [0.2, 0.25) is 0 Å². The summed E-state index contributed by atoms with van der Waals surface area (Å²) in [5.74, 6) is 0. The Morgan fingerprint density at radius 3 is 2.60 bits per heavy atom. The van der Waals surface area contributed by atoms with Crippen LogP contribution in [0.4, 0.5) is 5.69 Å². The number of nitrogen functional groups attached to an aromatic ring is 1. The van der Waals surface area contributed by atoms with Gasteiger partial charge in [0.25, 0.3) is 0 Å². The van der Waals surface area contributed by atoms with Gasteiger partial charge in [0.05, 0.1) is 10.7 Å². The molecule has 0 bridgehead atoms. The largest absolute Gasteiger partial charge is 0.398 e. The fourth-order valence-electron chi connectivity index (χ4n) is 1.35. The van der Waals surface area contributed by atoms with E-state index in [1.165, 1.54) is 0 Å². The minimum atomic E-state index is 0.638. The Bertz CT molecular complexity index is 477. The molecule has 1 heterocycles. The molecule has 1 aromatic carbocycles. The predicted molar refractivity (Wildman–Crippen MR) is 63.8 cm³/mol. The molecule has 76 valence electrons. The van der Waals surface area contributed by atoms with E-state index < -0.39 is 0 Å². The number of nitrogens with zero attached hydrogens (tertiary/aromatic N) is 1. The third kappa shape index (κ3) is 2.10. The fraction of sp³-hybridized carbons (Fsp3) is 0.0833. The van der Waals surface area contributed by atoms with Crippen molar-refractivity contribution in [2.24, 2.45) is 0 Å². The zero-order valence-corrected chi connectivity index (χ0v) is 9.12. The third-order valence-electron chi connectivity index (χ3n) is 2.30. The number of hydrogen-bond donors (Lipinski definition) is 1. The van der Waals surface area contributed by atoms with E-state index in [4.69, 9.17) is 17.3 Å². The van der Waals surface area contributed by atoms with Crippen molar-refractivity contribution in [3.63, 3.8) is 0 Å². The molecule has 3 heteroatoms. The number of halogens is 1. The molecule has 0 atom stereocenters. The summed E-state index contributed by atoms with van der Waals surface area (Å²) in [5, 5.41) is 0.638. The number of rotatable bonds is 1. The molecule has 0 fully saturated rings. The molecular formula is C12H11ClN2. The van der Waals surface area contributed by atoms with Crippen LogP contribution in [0.25, 0.3) is 11.3 Å². The Kier molecular flexibility index (Phi) is 2.60. The fourth-order valence-corrected chi connectivity index (χ4v) is 1.46.